The van der Waals surface area contributed by atoms with E-state index in [4.69, 9.17) is 15.2 Å². The summed E-state index contributed by atoms with van der Waals surface area (Å²) in [5.74, 6) is -4.44. The van der Waals surface area contributed by atoms with Crippen LogP contribution >= 0.6 is 0 Å². The molecule has 3 N–H and O–H groups in total. The second kappa shape index (κ2) is 9.86. The van der Waals surface area contributed by atoms with Gasteiger partial charge in [0.1, 0.15) is 17.3 Å². The molecule has 0 bridgehead atoms. The number of sulfonamides is 1. The predicted molar refractivity (Wildman–Crippen MR) is 124 cm³/mol. The average Bonchev–Trinajstić information content (AvgIpc) is 2.83. The van der Waals surface area contributed by atoms with Crippen LogP contribution in [-0.2, 0) is 29.1 Å². The lowest BCUT2D eigenvalue weighted by Crippen LogP contribution is -2.41. The number of anilines is 2. The van der Waals surface area contributed by atoms with Gasteiger partial charge >= 0.3 is 11.9 Å². The average molecular weight is 501 g/mol. The normalized spacial score (nSPS) is 16.0. The summed E-state index contributed by atoms with van der Waals surface area (Å²) in [6.07, 6.45) is 0.901. The van der Waals surface area contributed by atoms with E-state index in [0.717, 1.165) is 43.6 Å². The van der Waals surface area contributed by atoms with Gasteiger partial charge < -0.3 is 15.2 Å². The number of hydrogen-bond acceptors (Lipinski definition) is 9. The lowest BCUT2D eigenvalue weighted by molar-refractivity contribution is -0.139. The number of rotatable bonds is 6. The standard InChI is InChI=1S/C23H21FN4O6S/c1-33-22(29)19-18(13-7-5-4-6-8-13)15(12-25)21(26)28(20(19)23(30)34-2)17-11-14(9-10-16(17)24)27-35(3,31)32/h4-11,18,27H,26H2,1-3H3. The Labute approximate surface area is 201 Å². The van der Waals surface area contributed by atoms with E-state index in [9.17, 15) is 23.3 Å². The third-order valence-electron chi connectivity index (χ3n) is 5.10. The summed E-state index contributed by atoms with van der Waals surface area (Å²) in [4.78, 5) is 26.8. The second-order valence-corrected chi connectivity index (χ2v) is 9.12. The number of halogens is 1. The molecule has 3 rings (SSSR count). The van der Waals surface area contributed by atoms with Crippen molar-refractivity contribution in [3.63, 3.8) is 0 Å². The minimum absolute atomic E-state index is 0.0516. The Kier molecular flexibility index (Phi) is 7.12. The van der Waals surface area contributed by atoms with Gasteiger partial charge in [-0.05, 0) is 23.8 Å². The van der Waals surface area contributed by atoms with Crippen LogP contribution in [0.25, 0.3) is 0 Å². The molecule has 1 aliphatic rings. The van der Waals surface area contributed by atoms with Crippen molar-refractivity contribution in [1.82, 2.24) is 0 Å². The van der Waals surface area contributed by atoms with Crippen molar-refractivity contribution in [1.29, 1.82) is 5.26 Å². The molecule has 0 saturated heterocycles. The van der Waals surface area contributed by atoms with Crippen molar-refractivity contribution >= 4 is 33.3 Å². The number of benzene rings is 2. The zero-order chi connectivity index (χ0) is 25.9. The van der Waals surface area contributed by atoms with E-state index in [2.05, 4.69) is 4.72 Å². The van der Waals surface area contributed by atoms with E-state index in [1.54, 1.807) is 30.3 Å². The highest BCUT2D eigenvalue weighted by molar-refractivity contribution is 7.92. The van der Waals surface area contributed by atoms with Gasteiger partial charge in [0.15, 0.2) is 0 Å². The Hall–Kier alpha value is -4.37. The van der Waals surface area contributed by atoms with E-state index in [1.165, 1.54) is 0 Å². The van der Waals surface area contributed by atoms with Gasteiger partial charge in [-0.3, -0.25) is 9.62 Å². The molecule has 1 heterocycles. The van der Waals surface area contributed by atoms with Crippen LogP contribution in [0.3, 0.4) is 0 Å². The number of allylic oxidation sites excluding steroid dienone is 1. The fourth-order valence-corrected chi connectivity index (χ4v) is 4.28. The molecule has 1 unspecified atom stereocenters. The largest absolute Gasteiger partial charge is 0.466 e. The van der Waals surface area contributed by atoms with Crippen molar-refractivity contribution in [3.05, 3.63) is 82.6 Å². The summed E-state index contributed by atoms with van der Waals surface area (Å²) in [6, 6.07) is 13.4. The predicted octanol–water partition coefficient (Wildman–Crippen LogP) is 2.09. The fourth-order valence-electron chi connectivity index (χ4n) is 3.73. The van der Waals surface area contributed by atoms with Gasteiger partial charge in [0, 0.05) is 0 Å². The van der Waals surface area contributed by atoms with Crippen LogP contribution in [0.4, 0.5) is 15.8 Å². The van der Waals surface area contributed by atoms with Crippen molar-refractivity contribution in [2.75, 3.05) is 30.1 Å². The SMILES string of the molecule is COC(=O)C1=C(C(=O)OC)N(c2cc(NS(C)(=O)=O)ccc2F)C(N)=C(C#N)C1c1ccccc1. The lowest BCUT2D eigenvalue weighted by atomic mass is 9.81. The molecule has 12 heteroatoms. The van der Waals surface area contributed by atoms with Gasteiger partial charge in [-0.15, -0.1) is 0 Å². The van der Waals surface area contributed by atoms with E-state index in [0.29, 0.717) is 5.56 Å². The first-order valence-corrected chi connectivity index (χ1v) is 11.9. The summed E-state index contributed by atoms with van der Waals surface area (Å²) in [5, 5.41) is 10.00. The first-order chi connectivity index (χ1) is 16.5. The molecule has 35 heavy (non-hydrogen) atoms. The van der Waals surface area contributed by atoms with Gasteiger partial charge in [0.25, 0.3) is 0 Å². The zero-order valence-corrected chi connectivity index (χ0v) is 19.7. The molecule has 0 aromatic heterocycles. The zero-order valence-electron chi connectivity index (χ0n) is 18.9. The maximum atomic E-state index is 15.1. The van der Waals surface area contributed by atoms with Gasteiger partial charge in [0.05, 0.1) is 55.0 Å². The van der Waals surface area contributed by atoms with Crippen molar-refractivity contribution in [2.45, 2.75) is 5.92 Å². The Bertz CT molecular complexity index is 1400. The fraction of sp³-hybridized carbons (Fsp3) is 0.174. The highest BCUT2D eigenvalue weighted by atomic mass is 32.2. The first kappa shape index (κ1) is 25.3. The summed E-state index contributed by atoms with van der Waals surface area (Å²) in [7, 11) is -1.60. The van der Waals surface area contributed by atoms with Gasteiger partial charge in [-0.1, -0.05) is 30.3 Å². The Balaban J connectivity index is 2.42. The highest BCUT2D eigenvalue weighted by Crippen LogP contribution is 2.44. The minimum atomic E-state index is -3.74. The molecule has 0 fully saturated rings. The summed E-state index contributed by atoms with van der Waals surface area (Å²) >= 11 is 0. The number of nitrogens with one attached hydrogen (secondary N) is 1. The topological polar surface area (TPSA) is 152 Å². The Morgan fingerprint density at radius 1 is 1.11 bits per heavy atom. The smallest absolute Gasteiger partial charge is 0.355 e. The van der Waals surface area contributed by atoms with E-state index >= 15 is 4.39 Å². The molecule has 0 amide bonds. The molecule has 2 aromatic rings. The Morgan fingerprint density at radius 3 is 2.29 bits per heavy atom. The molecule has 0 radical (unpaired) electrons. The first-order valence-electron chi connectivity index (χ1n) is 9.97. The number of carbonyl (C=O) groups is 2. The van der Waals surface area contributed by atoms with Crippen molar-refractivity contribution in [2.24, 2.45) is 5.73 Å². The number of nitrogens with zero attached hydrogens (tertiary/aromatic N) is 2. The third-order valence-corrected chi connectivity index (χ3v) is 5.71. The number of ether oxygens (including phenoxy) is 2. The van der Waals surface area contributed by atoms with E-state index in [-0.39, 0.29) is 22.7 Å². The highest BCUT2D eigenvalue weighted by Gasteiger charge is 2.43. The van der Waals surface area contributed by atoms with E-state index < -0.39 is 45.1 Å². The molecule has 10 nitrogen and oxygen atoms in total. The van der Waals surface area contributed by atoms with Crippen molar-refractivity contribution in [3.8, 4) is 6.07 Å². The van der Waals surface area contributed by atoms with Crippen LogP contribution in [0.15, 0.2) is 71.2 Å². The van der Waals surface area contributed by atoms with Gasteiger partial charge in [-0.25, -0.2) is 22.4 Å². The van der Waals surface area contributed by atoms with Crippen LogP contribution < -0.4 is 15.4 Å². The molecular weight excluding hydrogens is 479 g/mol. The third kappa shape index (κ3) is 4.95. The maximum absolute atomic E-state index is 15.1. The van der Waals surface area contributed by atoms with Crippen LogP contribution in [0.5, 0.6) is 0 Å². The molecule has 1 atom stereocenters. The van der Waals surface area contributed by atoms with E-state index in [1.807, 2.05) is 6.07 Å². The number of nitriles is 1. The number of hydrogen-bond donors (Lipinski definition) is 2. The van der Waals surface area contributed by atoms with Gasteiger partial charge in [-0.2, -0.15) is 5.26 Å². The minimum Gasteiger partial charge on any atom is -0.466 e. The van der Waals surface area contributed by atoms with Crippen LogP contribution in [0.1, 0.15) is 11.5 Å². The van der Waals surface area contributed by atoms with Crippen LogP contribution in [0.2, 0.25) is 0 Å². The number of methoxy groups -OCH3 is 2. The number of carbonyl (C=O) groups excluding carboxylic acids is 2. The summed E-state index contributed by atoms with van der Waals surface area (Å²) in [5.41, 5.74) is 5.34. The van der Waals surface area contributed by atoms with Crippen LogP contribution in [-0.4, -0.2) is 40.8 Å². The summed E-state index contributed by atoms with van der Waals surface area (Å²) < 4.78 is 50.5. The summed E-state index contributed by atoms with van der Waals surface area (Å²) in [6.45, 7) is 0. The lowest BCUT2D eigenvalue weighted by Gasteiger charge is -2.36. The number of esters is 2. The molecule has 182 valence electrons. The van der Waals surface area contributed by atoms with Crippen molar-refractivity contribution < 1.29 is 31.9 Å². The molecular formula is C23H21FN4O6S. The Morgan fingerprint density at radius 2 is 1.74 bits per heavy atom. The molecule has 2 aromatic carbocycles. The molecule has 0 aliphatic carbocycles. The second-order valence-electron chi connectivity index (χ2n) is 7.38. The molecule has 0 saturated carbocycles. The monoisotopic (exact) mass is 500 g/mol. The molecule has 0 spiro atoms. The quantitative estimate of drug-likeness (QED) is 0.568. The van der Waals surface area contributed by atoms with Crippen LogP contribution in [0, 0.1) is 17.1 Å². The maximum Gasteiger partial charge on any atom is 0.355 e. The van der Waals surface area contributed by atoms with Gasteiger partial charge in [0.2, 0.25) is 10.0 Å². The number of nitrogens with two attached hydrogens (primary N) is 1. The molecule has 1 aliphatic heterocycles.